The van der Waals surface area contributed by atoms with Crippen LogP contribution in [-0.2, 0) is 7.05 Å². The highest BCUT2D eigenvalue weighted by Crippen LogP contribution is 2.31. The topological polar surface area (TPSA) is 42.7 Å². The lowest BCUT2D eigenvalue weighted by molar-refractivity contribution is 0.507. The third kappa shape index (κ3) is 2.32. The van der Waals surface area contributed by atoms with Gasteiger partial charge in [-0.05, 0) is 25.8 Å². The van der Waals surface area contributed by atoms with E-state index in [2.05, 4.69) is 22.4 Å². The number of aromatic nitrogens is 3. The van der Waals surface area contributed by atoms with Gasteiger partial charge in [0.15, 0.2) is 0 Å². The first-order valence-electron chi connectivity index (χ1n) is 5.34. The predicted octanol–water partition coefficient (Wildman–Crippen LogP) is 1.27. The van der Waals surface area contributed by atoms with E-state index in [0.717, 1.165) is 18.3 Å². The lowest BCUT2D eigenvalue weighted by Crippen LogP contribution is -2.22. The van der Waals surface area contributed by atoms with E-state index in [1.165, 1.54) is 19.3 Å². The molecule has 1 aliphatic carbocycles. The van der Waals surface area contributed by atoms with Crippen LogP contribution in [-0.4, -0.2) is 21.3 Å². The Morgan fingerprint density at radius 2 is 2.43 bits per heavy atom. The van der Waals surface area contributed by atoms with E-state index >= 15 is 0 Å². The minimum absolute atomic E-state index is 0.307. The fourth-order valence-electron chi connectivity index (χ4n) is 1.69. The monoisotopic (exact) mass is 194 g/mol. The molecule has 1 aliphatic rings. The van der Waals surface area contributed by atoms with Gasteiger partial charge in [-0.15, -0.1) is 10.2 Å². The van der Waals surface area contributed by atoms with Gasteiger partial charge in [0.25, 0.3) is 0 Å². The summed E-state index contributed by atoms with van der Waals surface area (Å²) >= 11 is 0. The van der Waals surface area contributed by atoms with Crippen LogP contribution in [0.2, 0.25) is 0 Å². The molecule has 1 aromatic heterocycles. The van der Waals surface area contributed by atoms with Crippen LogP contribution in [0.4, 0.5) is 0 Å². The third-order valence-electron chi connectivity index (χ3n) is 2.83. The first-order chi connectivity index (χ1) is 6.77. The van der Waals surface area contributed by atoms with E-state index < -0.39 is 0 Å². The minimum atomic E-state index is 0.307. The van der Waals surface area contributed by atoms with Crippen LogP contribution in [0.3, 0.4) is 0 Å². The van der Waals surface area contributed by atoms with E-state index in [1.807, 2.05) is 11.6 Å². The highest BCUT2D eigenvalue weighted by molar-refractivity contribution is 4.91. The zero-order valence-electron chi connectivity index (χ0n) is 8.90. The number of hydrogen-bond acceptors (Lipinski definition) is 3. The summed E-state index contributed by atoms with van der Waals surface area (Å²) in [5.74, 6) is 2.01. The Hall–Kier alpha value is -0.900. The van der Waals surface area contributed by atoms with Crippen LogP contribution in [0.1, 0.15) is 38.1 Å². The molecule has 1 N–H and O–H groups in total. The van der Waals surface area contributed by atoms with Gasteiger partial charge < -0.3 is 9.88 Å². The standard InChI is InChI=1S/C10H18N4/c1-8(10-13-12-7-14(10)2)11-6-5-9-3-4-9/h7-9,11H,3-6H2,1-2H3. The first-order valence-corrected chi connectivity index (χ1v) is 5.34. The summed E-state index contributed by atoms with van der Waals surface area (Å²) in [6, 6.07) is 0.307. The van der Waals surface area contributed by atoms with Crippen molar-refractivity contribution in [3.63, 3.8) is 0 Å². The van der Waals surface area contributed by atoms with Crippen LogP contribution in [0, 0.1) is 5.92 Å². The van der Waals surface area contributed by atoms with Crippen LogP contribution in [0.15, 0.2) is 6.33 Å². The maximum absolute atomic E-state index is 4.08. The molecule has 0 spiro atoms. The molecule has 1 atom stereocenters. The number of rotatable bonds is 5. The molecule has 0 aliphatic heterocycles. The molecule has 0 radical (unpaired) electrons. The SMILES string of the molecule is CC(NCCC1CC1)c1nncn1C. The van der Waals surface area contributed by atoms with Gasteiger partial charge in [-0.3, -0.25) is 0 Å². The normalized spacial score (nSPS) is 18.4. The molecule has 1 heterocycles. The van der Waals surface area contributed by atoms with Crippen LogP contribution in [0.25, 0.3) is 0 Å². The van der Waals surface area contributed by atoms with E-state index in [1.54, 1.807) is 6.33 Å². The zero-order valence-corrected chi connectivity index (χ0v) is 8.90. The third-order valence-corrected chi connectivity index (χ3v) is 2.83. The number of aryl methyl sites for hydroxylation is 1. The Balaban J connectivity index is 1.76. The number of nitrogens with zero attached hydrogens (tertiary/aromatic N) is 3. The summed E-state index contributed by atoms with van der Waals surface area (Å²) in [5, 5.41) is 11.4. The molecule has 78 valence electrons. The molecule has 0 aromatic carbocycles. The Bertz CT molecular complexity index is 290. The van der Waals surface area contributed by atoms with Crippen molar-refractivity contribution in [2.45, 2.75) is 32.2 Å². The van der Waals surface area contributed by atoms with Gasteiger partial charge in [-0.2, -0.15) is 0 Å². The molecule has 1 saturated carbocycles. The Morgan fingerprint density at radius 3 is 3.00 bits per heavy atom. The van der Waals surface area contributed by atoms with Crippen LogP contribution >= 0.6 is 0 Å². The summed E-state index contributed by atoms with van der Waals surface area (Å²) in [5.41, 5.74) is 0. The molecular weight excluding hydrogens is 176 g/mol. The average molecular weight is 194 g/mol. The first kappa shape index (κ1) is 9.65. The molecule has 1 aromatic rings. The van der Waals surface area contributed by atoms with Crippen molar-refractivity contribution in [3.8, 4) is 0 Å². The van der Waals surface area contributed by atoms with Gasteiger partial charge in [0.2, 0.25) is 0 Å². The highest BCUT2D eigenvalue weighted by Gasteiger charge is 2.20. The van der Waals surface area contributed by atoms with Crippen molar-refractivity contribution >= 4 is 0 Å². The average Bonchev–Trinajstić information content (AvgIpc) is 2.87. The summed E-state index contributed by atoms with van der Waals surface area (Å²) < 4.78 is 1.97. The lowest BCUT2D eigenvalue weighted by atomic mass is 10.2. The van der Waals surface area contributed by atoms with Crippen molar-refractivity contribution in [1.82, 2.24) is 20.1 Å². The number of nitrogens with one attached hydrogen (secondary N) is 1. The molecule has 14 heavy (non-hydrogen) atoms. The zero-order chi connectivity index (χ0) is 9.97. The molecule has 0 amide bonds. The predicted molar refractivity (Wildman–Crippen MR) is 54.8 cm³/mol. The van der Waals surface area contributed by atoms with E-state index in [0.29, 0.717) is 6.04 Å². The second kappa shape index (κ2) is 4.09. The summed E-state index contributed by atoms with van der Waals surface area (Å²) in [6.45, 7) is 3.23. The fourth-order valence-corrected chi connectivity index (χ4v) is 1.69. The van der Waals surface area contributed by atoms with Crippen LogP contribution < -0.4 is 5.32 Å². The molecule has 4 heteroatoms. The summed E-state index contributed by atoms with van der Waals surface area (Å²) in [4.78, 5) is 0. The van der Waals surface area contributed by atoms with Crippen LogP contribution in [0.5, 0.6) is 0 Å². The van der Waals surface area contributed by atoms with Crippen molar-refractivity contribution in [2.75, 3.05) is 6.54 Å². The molecule has 2 rings (SSSR count). The van der Waals surface area contributed by atoms with Crippen molar-refractivity contribution < 1.29 is 0 Å². The van der Waals surface area contributed by atoms with Gasteiger partial charge in [-0.1, -0.05) is 12.8 Å². The molecule has 0 saturated heterocycles. The van der Waals surface area contributed by atoms with E-state index in [4.69, 9.17) is 0 Å². The second-order valence-electron chi connectivity index (χ2n) is 4.21. The summed E-state index contributed by atoms with van der Waals surface area (Å²) in [6.07, 6.45) is 5.91. The molecule has 4 nitrogen and oxygen atoms in total. The van der Waals surface area contributed by atoms with E-state index in [9.17, 15) is 0 Å². The Morgan fingerprint density at radius 1 is 1.64 bits per heavy atom. The van der Waals surface area contributed by atoms with Gasteiger partial charge >= 0.3 is 0 Å². The highest BCUT2D eigenvalue weighted by atomic mass is 15.3. The molecule has 1 unspecified atom stereocenters. The largest absolute Gasteiger partial charge is 0.319 e. The fraction of sp³-hybridized carbons (Fsp3) is 0.800. The van der Waals surface area contributed by atoms with Crippen molar-refractivity contribution in [2.24, 2.45) is 13.0 Å². The van der Waals surface area contributed by atoms with Gasteiger partial charge in [0.05, 0.1) is 6.04 Å². The summed E-state index contributed by atoms with van der Waals surface area (Å²) in [7, 11) is 1.98. The Labute approximate surface area is 84.7 Å². The second-order valence-corrected chi connectivity index (χ2v) is 4.21. The van der Waals surface area contributed by atoms with Gasteiger partial charge in [0.1, 0.15) is 12.2 Å². The smallest absolute Gasteiger partial charge is 0.149 e. The quantitative estimate of drug-likeness (QED) is 0.767. The maximum atomic E-state index is 4.08. The van der Waals surface area contributed by atoms with Gasteiger partial charge in [-0.25, -0.2) is 0 Å². The maximum Gasteiger partial charge on any atom is 0.149 e. The van der Waals surface area contributed by atoms with Crippen molar-refractivity contribution in [1.29, 1.82) is 0 Å². The molecular formula is C10H18N4. The van der Waals surface area contributed by atoms with Crippen molar-refractivity contribution in [3.05, 3.63) is 12.2 Å². The molecule has 0 bridgehead atoms. The lowest BCUT2D eigenvalue weighted by Gasteiger charge is -2.12. The Kier molecular flexibility index (Phi) is 2.82. The number of hydrogen-bond donors (Lipinski definition) is 1. The van der Waals surface area contributed by atoms with E-state index in [-0.39, 0.29) is 0 Å². The van der Waals surface area contributed by atoms with Gasteiger partial charge in [0, 0.05) is 7.05 Å². The molecule has 1 fully saturated rings. The minimum Gasteiger partial charge on any atom is -0.319 e.